The van der Waals surface area contributed by atoms with Gasteiger partial charge in [-0.3, -0.25) is 4.98 Å². The zero-order valence-corrected chi connectivity index (χ0v) is 18.1. The lowest BCUT2D eigenvalue weighted by molar-refractivity contribution is 0.104. The van der Waals surface area contributed by atoms with Gasteiger partial charge in [0, 0.05) is 17.8 Å². The molecule has 1 N–H and O–H groups in total. The van der Waals surface area contributed by atoms with E-state index < -0.39 is 0 Å². The number of rotatable bonds is 1. The van der Waals surface area contributed by atoms with E-state index in [1.54, 1.807) is 5.57 Å². The third-order valence-corrected chi connectivity index (χ3v) is 9.24. The third kappa shape index (κ3) is 2.91. The lowest BCUT2D eigenvalue weighted by atomic mass is 9.58. The van der Waals surface area contributed by atoms with E-state index in [4.69, 9.17) is 0 Å². The van der Waals surface area contributed by atoms with Crippen molar-refractivity contribution in [2.75, 3.05) is 0 Å². The van der Waals surface area contributed by atoms with Gasteiger partial charge in [0.05, 0.1) is 6.10 Å². The van der Waals surface area contributed by atoms with Gasteiger partial charge in [0.25, 0.3) is 0 Å². The predicted octanol–water partition coefficient (Wildman–Crippen LogP) is 6.56. The van der Waals surface area contributed by atoms with E-state index in [1.165, 1.54) is 66.9 Å². The number of benzene rings is 1. The van der Waals surface area contributed by atoms with Crippen LogP contribution in [-0.2, 0) is 0 Å². The Bertz CT molecular complexity index is 1040. The van der Waals surface area contributed by atoms with Crippen LogP contribution in [-0.4, -0.2) is 16.2 Å². The van der Waals surface area contributed by atoms with Crippen molar-refractivity contribution in [3.05, 3.63) is 65.5 Å². The summed E-state index contributed by atoms with van der Waals surface area (Å²) in [5.41, 5.74) is 5.08. The van der Waals surface area contributed by atoms with Gasteiger partial charge < -0.3 is 5.11 Å². The summed E-state index contributed by atoms with van der Waals surface area (Å²) in [5.74, 6) is 2.90. The number of hydrogen-bond acceptors (Lipinski definition) is 2. The summed E-state index contributed by atoms with van der Waals surface area (Å²) in [6.07, 6.45) is 18.4. The van der Waals surface area contributed by atoms with Crippen molar-refractivity contribution in [3.63, 3.8) is 0 Å². The van der Waals surface area contributed by atoms with Gasteiger partial charge in [-0.2, -0.15) is 0 Å². The molecule has 0 spiro atoms. The molecule has 2 saturated carbocycles. The van der Waals surface area contributed by atoms with E-state index in [-0.39, 0.29) is 6.10 Å². The second kappa shape index (κ2) is 7.05. The minimum Gasteiger partial charge on any atom is -0.389 e. The molecule has 0 bridgehead atoms. The molecular weight excluding hydrogens is 366 g/mol. The summed E-state index contributed by atoms with van der Waals surface area (Å²) in [7, 11) is 0. The summed E-state index contributed by atoms with van der Waals surface area (Å²) in [6.45, 7) is 2.60. The molecular formula is C28H33NO. The molecule has 1 heterocycles. The van der Waals surface area contributed by atoms with Crippen LogP contribution in [0, 0.1) is 23.2 Å². The van der Waals surface area contributed by atoms with Gasteiger partial charge in [0.2, 0.25) is 0 Å². The van der Waals surface area contributed by atoms with Crippen LogP contribution < -0.4 is 0 Å². The Morgan fingerprint density at radius 1 is 1.00 bits per heavy atom. The molecule has 1 aromatic heterocycles. The maximum absolute atomic E-state index is 10.2. The number of aromatic nitrogens is 1. The molecule has 0 radical (unpaired) electrons. The maximum atomic E-state index is 10.2. The molecule has 156 valence electrons. The Labute approximate surface area is 180 Å². The molecule has 2 fully saturated rings. The SMILES string of the molecule is CC12CCC3=CC4=CC(O)CCC4CCC3C1CCC2c1ccc2ccncc2c1. The van der Waals surface area contributed by atoms with Crippen LogP contribution in [0.5, 0.6) is 0 Å². The Kier molecular flexibility index (Phi) is 4.42. The van der Waals surface area contributed by atoms with Gasteiger partial charge in [0.1, 0.15) is 0 Å². The molecule has 4 aliphatic carbocycles. The topological polar surface area (TPSA) is 33.1 Å². The fourth-order valence-electron chi connectivity index (χ4n) is 7.63. The summed E-state index contributed by atoms with van der Waals surface area (Å²) in [5, 5.41) is 12.7. The fraction of sp³-hybridized carbons (Fsp3) is 0.536. The Morgan fingerprint density at radius 2 is 1.90 bits per heavy atom. The minimum absolute atomic E-state index is 0.225. The lowest BCUT2D eigenvalue weighted by Crippen LogP contribution is -2.37. The van der Waals surface area contributed by atoms with E-state index in [0.717, 1.165) is 18.3 Å². The molecule has 0 saturated heterocycles. The summed E-state index contributed by atoms with van der Waals surface area (Å²) in [4.78, 5) is 4.35. The molecule has 1 aromatic carbocycles. The van der Waals surface area contributed by atoms with Crippen molar-refractivity contribution in [3.8, 4) is 0 Å². The van der Waals surface area contributed by atoms with Crippen LogP contribution in [0.2, 0.25) is 0 Å². The Balaban J connectivity index is 1.33. The van der Waals surface area contributed by atoms with Gasteiger partial charge in [-0.1, -0.05) is 36.8 Å². The van der Waals surface area contributed by atoms with Gasteiger partial charge >= 0.3 is 0 Å². The Morgan fingerprint density at radius 3 is 2.83 bits per heavy atom. The number of nitrogens with zero attached hydrogens (tertiary/aromatic N) is 1. The van der Waals surface area contributed by atoms with Crippen LogP contribution in [0.1, 0.15) is 69.8 Å². The molecule has 2 aromatic rings. The first-order valence-electron chi connectivity index (χ1n) is 12.1. The average molecular weight is 400 g/mol. The smallest absolute Gasteiger partial charge is 0.0726 e. The number of fused-ring (bicyclic) bond motifs is 5. The monoisotopic (exact) mass is 399 g/mol. The number of allylic oxidation sites excluding steroid dienone is 3. The van der Waals surface area contributed by atoms with Crippen LogP contribution >= 0.6 is 0 Å². The van der Waals surface area contributed by atoms with Gasteiger partial charge in [-0.25, -0.2) is 0 Å². The fourth-order valence-corrected chi connectivity index (χ4v) is 7.63. The molecule has 2 heteroatoms. The molecule has 6 rings (SSSR count). The molecule has 6 atom stereocenters. The van der Waals surface area contributed by atoms with Crippen molar-refractivity contribution in [2.45, 2.75) is 70.3 Å². The highest BCUT2D eigenvalue weighted by molar-refractivity contribution is 5.82. The van der Waals surface area contributed by atoms with Crippen LogP contribution in [0.3, 0.4) is 0 Å². The summed E-state index contributed by atoms with van der Waals surface area (Å²) < 4.78 is 0. The number of aliphatic hydroxyl groups is 1. The van der Waals surface area contributed by atoms with Crippen molar-refractivity contribution in [1.82, 2.24) is 4.98 Å². The van der Waals surface area contributed by atoms with Crippen molar-refractivity contribution < 1.29 is 5.11 Å². The number of aliphatic hydroxyl groups excluding tert-OH is 1. The summed E-state index contributed by atoms with van der Waals surface area (Å²) >= 11 is 0. The van der Waals surface area contributed by atoms with Crippen LogP contribution in [0.15, 0.2) is 60.0 Å². The van der Waals surface area contributed by atoms with E-state index >= 15 is 0 Å². The van der Waals surface area contributed by atoms with E-state index in [9.17, 15) is 5.11 Å². The first-order chi connectivity index (χ1) is 14.6. The normalized spacial score (nSPS) is 38.1. The highest BCUT2D eigenvalue weighted by Crippen LogP contribution is 2.63. The maximum Gasteiger partial charge on any atom is 0.0726 e. The number of pyridine rings is 1. The Hall–Kier alpha value is -1.93. The predicted molar refractivity (Wildman–Crippen MR) is 122 cm³/mol. The highest BCUT2D eigenvalue weighted by Gasteiger charge is 2.53. The first-order valence-corrected chi connectivity index (χ1v) is 12.1. The van der Waals surface area contributed by atoms with Crippen molar-refractivity contribution in [2.24, 2.45) is 23.2 Å². The van der Waals surface area contributed by atoms with Gasteiger partial charge in [0.15, 0.2) is 0 Å². The quantitative estimate of drug-likeness (QED) is 0.589. The molecule has 0 amide bonds. The molecule has 2 nitrogen and oxygen atoms in total. The second-order valence-corrected chi connectivity index (χ2v) is 10.6. The largest absolute Gasteiger partial charge is 0.389 e. The molecule has 0 aliphatic heterocycles. The van der Waals surface area contributed by atoms with E-state index in [0.29, 0.717) is 17.3 Å². The van der Waals surface area contributed by atoms with Crippen molar-refractivity contribution in [1.29, 1.82) is 0 Å². The van der Waals surface area contributed by atoms with E-state index in [1.807, 2.05) is 12.4 Å². The number of hydrogen-bond donors (Lipinski definition) is 1. The van der Waals surface area contributed by atoms with Crippen LogP contribution in [0.4, 0.5) is 0 Å². The zero-order chi connectivity index (χ0) is 20.3. The minimum atomic E-state index is -0.225. The van der Waals surface area contributed by atoms with Gasteiger partial charge in [-0.15, -0.1) is 0 Å². The zero-order valence-electron chi connectivity index (χ0n) is 18.1. The average Bonchev–Trinajstić information content (AvgIpc) is 3.00. The summed E-state index contributed by atoms with van der Waals surface area (Å²) in [6, 6.07) is 9.22. The standard InChI is InChI=1S/C28H33NO/c1-28-12-10-20-14-22-16-24(30)6-4-18(22)5-7-25(20)27(28)9-8-26(28)21-3-2-19-11-13-29-17-23(19)15-21/h2-3,11,13-18,24-27,30H,4-10,12H2,1H3. The highest BCUT2D eigenvalue weighted by atomic mass is 16.3. The molecule has 4 aliphatic rings. The van der Waals surface area contributed by atoms with Crippen LogP contribution in [0.25, 0.3) is 10.8 Å². The lowest BCUT2D eigenvalue weighted by Gasteiger charge is -2.46. The third-order valence-electron chi connectivity index (χ3n) is 9.24. The first kappa shape index (κ1) is 18.8. The van der Waals surface area contributed by atoms with Gasteiger partial charge in [-0.05, 0) is 109 Å². The molecule has 6 unspecified atom stereocenters. The van der Waals surface area contributed by atoms with Crippen molar-refractivity contribution >= 4 is 10.8 Å². The second-order valence-electron chi connectivity index (χ2n) is 10.6. The molecule has 30 heavy (non-hydrogen) atoms. The van der Waals surface area contributed by atoms with E-state index in [2.05, 4.69) is 48.3 Å².